The van der Waals surface area contributed by atoms with Gasteiger partial charge in [0.1, 0.15) is 0 Å². The van der Waals surface area contributed by atoms with Crippen molar-refractivity contribution in [3.05, 3.63) is 65.7 Å². The average Bonchev–Trinajstić information content (AvgIpc) is 3.07. The monoisotopic (exact) mass is 394 g/mol. The van der Waals surface area contributed by atoms with Crippen molar-refractivity contribution in [3.63, 3.8) is 0 Å². The molecule has 3 N–H and O–H groups in total. The summed E-state index contributed by atoms with van der Waals surface area (Å²) in [5, 5.41) is 12.3. The summed E-state index contributed by atoms with van der Waals surface area (Å²) in [6.07, 6.45) is 6.37. The molecule has 29 heavy (non-hydrogen) atoms. The zero-order chi connectivity index (χ0) is 20.6. The molecule has 154 valence electrons. The van der Waals surface area contributed by atoms with Crippen LogP contribution in [0.25, 0.3) is 6.08 Å². The largest absolute Gasteiger partial charge is 0.363 e. The first-order valence-corrected chi connectivity index (χ1v) is 10.0. The van der Waals surface area contributed by atoms with Crippen LogP contribution in [0.5, 0.6) is 0 Å². The number of fused-ring (bicyclic) bond motifs is 1. The van der Waals surface area contributed by atoms with Crippen molar-refractivity contribution in [1.29, 1.82) is 0 Å². The predicted molar refractivity (Wildman–Crippen MR) is 118 cm³/mol. The fraction of sp³-hybridized carbons (Fsp3) is 0.348. The number of aryl methyl sites for hydroxylation is 1. The maximum atomic E-state index is 11.2. The van der Waals surface area contributed by atoms with Crippen LogP contribution in [0.3, 0.4) is 0 Å². The van der Waals surface area contributed by atoms with Gasteiger partial charge in [-0.3, -0.25) is 10.0 Å². The van der Waals surface area contributed by atoms with Gasteiger partial charge in [-0.2, -0.15) is 0 Å². The van der Waals surface area contributed by atoms with E-state index in [1.54, 1.807) is 11.6 Å². The molecule has 2 aromatic rings. The second-order valence-corrected chi connectivity index (χ2v) is 7.62. The van der Waals surface area contributed by atoms with E-state index in [9.17, 15) is 4.79 Å². The van der Waals surface area contributed by atoms with Crippen molar-refractivity contribution >= 4 is 23.4 Å². The number of benzene rings is 2. The van der Waals surface area contributed by atoms with Crippen LogP contribution in [-0.2, 0) is 11.2 Å². The van der Waals surface area contributed by atoms with Gasteiger partial charge in [-0.1, -0.05) is 36.4 Å². The van der Waals surface area contributed by atoms with Crippen molar-refractivity contribution in [1.82, 2.24) is 10.4 Å². The van der Waals surface area contributed by atoms with Gasteiger partial charge in [0.15, 0.2) is 0 Å². The molecule has 1 atom stereocenters. The third kappa shape index (κ3) is 5.82. The normalized spacial score (nSPS) is 15.6. The SMILES string of the molecule is CN(C)CCCN1c2ccc(/C=C/C(=O)NO)cc2NC1CCc1ccccc1. The molecule has 0 saturated carbocycles. The third-order valence-electron chi connectivity index (χ3n) is 5.12. The first-order chi connectivity index (χ1) is 14.1. The van der Waals surface area contributed by atoms with Crippen molar-refractivity contribution in [2.45, 2.75) is 25.4 Å². The molecule has 0 saturated heterocycles. The molecular formula is C23H30N4O2. The summed E-state index contributed by atoms with van der Waals surface area (Å²) in [7, 11) is 4.20. The second kappa shape index (κ2) is 10.1. The number of hydrogen-bond donors (Lipinski definition) is 3. The first-order valence-electron chi connectivity index (χ1n) is 10.0. The van der Waals surface area contributed by atoms with E-state index in [0.717, 1.165) is 43.6 Å². The number of hydrogen-bond acceptors (Lipinski definition) is 5. The quantitative estimate of drug-likeness (QED) is 0.346. The molecule has 1 aliphatic rings. The lowest BCUT2D eigenvalue weighted by molar-refractivity contribution is -0.124. The number of amides is 1. The smallest absolute Gasteiger partial charge is 0.267 e. The number of anilines is 2. The van der Waals surface area contributed by atoms with Crippen molar-refractivity contribution in [3.8, 4) is 0 Å². The van der Waals surface area contributed by atoms with Crippen LogP contribution >= 0.6 is 0 Å². The molecule has 1 unspecified atom stereocenters. The Kier molecular flexibility index (Phi) is 7.27. The van der Waals surface area contributed by atoms with Gasteiger partial charge < -0.3 is 15.1 Å². The van der Waals surface area contributed by atoms with Gasteiger partial charge in [0, 0.05) is 12.6 Å². The summed E-state index contributed by atoms with van der Waals surface area (Å²) in [5.41, 5.74) is 6.15. The highest BCUT2D eigenvalue weighted by Crippen LogP contribution is 2.37. The highest BCUT2D eigenvalue weighted by atomic mass is 16.5. The summed E-state index contributed by atoms with van der Waals surface area (Å²) in [6, 6.07) is 16.7. The molecular weight excluding hydrogens is 364 g/mol. The Morgan fingerprint density at radius 1 is 1.24 bits per heavy atom. The highest BCUT2D eigenvalue weighted by Gasteiger charge is 2.28. The van der Waals surface area contributed by atoms with Crippen LogP contribution in [-0.4, -0.2) is 49.4 Å². The van der Waals surface area contributed by atoms with Crippen LogP contribution in [0.2, 0.25) is 0 Å². The number of hydroxylamine groups is 1. The lowest BCUT2D eigenvalue weighted by atomic mass is 10.1. The minimum Gasteiger partial charge on any atom is -0.363 e. The number of carbonyl (C=O) groups is 1. The predicted octanol–water partition coefficient (Wildman–Crippen LogP) is 3.35. The van der Waals surface area contributed by atoms with Crippen LogP contribution < -0.4 is 15.7 Å². The Bertz CT molecular complexity index is 836. The number of nitrogens with zero attached hydrogens (tertiary/aromatic N) is 2. The first kappa shape index (κ1) is 20.9. The molecule has 3 rings (SSSR count). The minimum absolute atomic E-state index is 0.243. The Labute approximate surface area is 172 Å². The van der Waals surface area contributed by atoms with Gasteiger partial charge in [0.05, 0.1) is 17.5 Å². The van der Waals surface area contributed by atoms with Gasteiger partial charge in [-0.15, -0.1) is 0 Å². The zero-order valence-electron chi connectivity index (χ0n) is 17.1. The molecule has 1 heterocycles. The molecule has 6 heteroatoms. The van der Waals surface area contributed by atoms with Crippen molar-refractivity contribution in [2.75, 3.05) is 37.4 Å². The van der Waals surface area contributed by atoms with Crippen molar-refractivity contribution < 1.29 is 10.0 Å². The Balaban J connectivity index is 1.73. The van der Waals surface area contributed by atoms with Gasteiger partial charge in [-0.25, -0.2) is 5.48 Å². The van der Waals surface area contributed by atoms with Gasteiger partial charge in [-0.05, 0) is 69.2 Å². The topological polar surface area (TPSA) is 67.8 Å². The lowest BCUT2D eigenvalue weighted by Gasteiger charge is -2.27. The lowest BCUT2D eigenvalue weighted by Crippen LogP contribution is -2.37. The molecule has 0 bridgehead atoms. The molecule has 0 aliphatic carbocycles. The highest BCUT2D eigenvalue weighted by molar-refractivity contribution is 5.91. The molecule has 2 aromatic carbocycles. The maximum Gasteiger partial charge on any atom is 0.267 e. The summed E-state index contributed by atoms with van der Waals surface area (Å²) in [4.78, 5) is 15.9. The summed E-state index contributed by atoms with van der Waals surface area (Å²) < 4.78 is 0. The van der Waals surface area contributed by atoms with E-state index in [1.807, 2.05) is 12.1 Å². The Hall–Kier alpha value is -2.83. The molecule has 0 fully saturated rings. The Morgan fingerprint density at radius 2 is 2.03 bits per heavy atom. The van der Waals surface area contributed by atoms with E-state index in [2.05, 4.69) is 65.6 Å². The molecule has 6 nitrogen and oxygen atoms in total. The summed E-state index contributed by atoms with van der Waals surface area (Å²) in [6.45, 7) is 2.04. The number of carbonyl (C=O) groups excluding carboxylic acids is 1. The second-order valence-electron chi connectivity index (χ2n) is 7.62. The van der Waals surface area contributed by atoms with Gasteiger partial charge in [0.2, 0.25) is 0 Å². The third-order valence-corrected chi connectivity index (χ3v) is 5.12. The molecule has 1 amide bonds. The van der Waals surface area contributed by atoms with E-state index in [1.165, 1.54) is 17.3 Å². The van der Waals surface area contributed by atoms with Gasteiger partial charge in [0.25, 0.3) is 5.91 Å². The van der Waals surface area contributed by atoms with E-state index in [-0.39, 0.29) is 6.17 Å². The van der Waals surface area contributed by atoms with E-state index >= 15 is 0 Å². The minimum atomic E-state index is -0.537. The van der Waals surface area contributed by atoms with E-state index < -0.39 is 5.91 Å². The fourth-order valence-electron chi connectivity index (χ4n) is 3.67. The van der Waals surface area contributed by atoms with Crippen molar-refractivity contribution in [2.24, 2.45) is 0 Å². The van der Waals surface area contributed by atoms with Crippen LogP contribution in [0, 0.1) is 0 Å². The molecule has 0 radical (unpaired) electrons. The van der Waals surface area contributed by atoms with E-state index in [4.69, 9.17) is 5.21 Å². The Morgan fingerprint density at radius 3 is 2.76 bits per heavy atom. The average molecular weight is 395 g/mol. The summed E-state index contributed by atoms with van der Waals surface area (Å²) in [5.74, 6) is -0.537. The molecule has 0 spiro atoms. The number of rotatable bonds is 9. The van der Waals surface area contributed by atoms with Crippen LogP contribution in [0.1, 0.15) is 24.0 Å². The van der Waals surface area contributed by atoms with Crippen LogP contribution in [0.4, 0.5) is 11.4 Å². The summed E-state index contributed by atoms with van der Waals surface area (Å²) >= 11 is 0. The zero-order valence-corrected chi connectivity index (χ0v) is 17.1. The molecule has 0 aromatic heterocycles. The molecule has 1 aliphatic heterocycles. The van der Waals surface area contributed by atoms with Gasteiger partial charge >= 0.3 is 0 Å². The fourth-order valence-corrected chi connectivity index (χ4v) is 3.67. The van der Waals surface area contributed by atoms with Crippen LogP contribution in [0.15, 0.2) is 54.6 Å². The standard InChI is InChI=1S/C23H30N4O2/c1-26(2)15-6-16-27-21-12-9-19(11-14-23(28)25-29)17-20(21)24-22(27)13-10-18-7-4-3-5-8-18/h3-5,7-9,11-12,14,17,22,24,29H,6,10,13,15-16H2,1-2H3,(H,25,28)/b14-11+. The maximum absolute atomic E-state index is 11.2. The number of nitrogens with one attached hydrogen (secondary N) is 2. The van der Waals surface area contributed by atoms with E-state index in [0.29, 0.717) is 0 Å².